The van der Waals surface area contributed by atoms with Gasteiger partial charge in [0.25, 0.3) is 0 Å². The average Bonchev–Trinajstić information content (AvgIpc) is 2.49. The first-order valence-electron chi connectivity index (χ1n) is 6.43. The Labute approximate surface area is 122 Å². The van der Waals surface area contributed by atoms with Crippen LogP contribution in [0.5, 0.6) is 0 Å². The number of hydrogen-bond acceptors (Lipinski definition) is 3. The summed E-state index contributed by atoms with van der Waals surface area (Å²) in [5, 5.41) is 3.02. The van der Waals surface area contributed by atoms with Crippen LogP contribution in [0.4, 0.5) is 14.5 Å². The van der Waals surface area contributed by atoms with Crippen molar-refractivity contribution in [3.63, 3.8) is 0 Å². The second kappa shape index (κ2) is 6.22. The van der Waals surface area contributed by atoms with Gasteiger partial charge in [-0.15, -0.1) is 0 Å². The Morgan fingerprint density at radius 2 is 1.67 bits per heavy atom. The van der Waals surface area contributed by atoms with Gasteiger partial charge in [-0.1, -0.05) is 13.0 Å². The number of benzene rings is 2. The Morgan fingerprint density at radius 1 is 1.00 bits per heavy atom. The predicted molar refractivity (Wildman–Crippen MR) is 77.9 cm³/mol. The lowest BCUT2D eigenvalue weighted by Gasteiger charge is -2.08. The zero-order chi connectivity index (χ0) is 15.5. The van der Waals surface area contributed by atoms with E-state index in [2.05, 4.69) is 5.32 Å². The van der Waals surface area contributed by atoms with Crippen molar-refractivity contribution in [3.8, 4) is 0 Å². The highest BCUT2D eigenvalue weighted by molar-refractivity contribution is 7.91. The number of rotatable bonds is 5. The molecule has 0 aliphatic heterocycles. The Morgan fingerprint density at radius 3 is 2.24 bits per heavy atom. The molecule has 0 saturated heterocycles. The summed E-state index contributed by atoms with van der Waals surface area (Å²) in [6.45, 7) is 1.90. The van der Waals surface area contributed by atoms with Gasteiger partial charge in [0, 0.05) is 12.2 Å². The fraction of sp³-hybridized carbons (Fsp3) is 0.200. The first kappa shape index (κ1) is 15.4. The van der Waals surface area contributed by atoms with E-state index in [1.165, 1.54) is 18.2 Å². The molecule has 112 valence electrons. The third-order valence-electron chi connectivity index (χ3n) is 3.07. The molecule has 0 spiro atoms. The van der Waals surface area contributed by atoms with Crippen molar-refractivity contribution in [3.05, 3.63) is 59.7 Å². The second-order valence-corrected chi connectivity index (χ2v) is 6.81. The smallest absolute Gasteiger partial charge is 0.178 e. The van der Waals surface area contributed by atoms with E-state index in [0.717, 1.165) is 12.1 Å². The summed E-state index contributed by atoms with van der Waals surface area (Å²) >= 11 is 0. The van der Waals surface area contributed by atoms with Gasteiger partial charge in [-0.3, -0.25) is 0 Å². The lowest BCUT2D eigenvalue weighted by molar-refractivity contribution is 0.507. The number of hydrogen-bond donors (Lipinski definition) is 1. The van der Waals surface area contributed by atoms with Gasteiger partial charge >= 0.3 is 0 Å². The molecule has 0 unspecified atom stereocenters. The summed E-state index contributed by atoms with van der Waals surface area (Å²) < 4.78 is 49.2. The molecule has 0 saturated carbocycles. The highest BCUT2D eigenvalue weighted by Gasteiger charge is 2.10. The first-order chi connectivity index (χ1) is 9.92. The van der Waals surface area contributed by atoms with Crippen molar-refractivity contribution in [2.45, 2.75) is 18.4 Å². The van der Waals surface area contributed by atoms with Crippen molar-refractivity contribution in [1.82, 2.24) is 0 Å². The van der Waals surface area contributed by atoms with Crippen LogP contribution >= 0.6 is 0 Å². The SMILES string of the molecule is CCS(=O)(=O)c1ccc(NCc2ccc(F)c(F)c2)cc1. The molecule has 0 radical (unpaired) electrons. The normalized spacial score (nSPS) is 11.4. The number of nitrogens with one attached hydrogen (secondary N) is 1. The fourth-order valence-corrected chi connectivity index (χ4v) is 2.68. The van der Waals surface area contributed by atoms with Crippen molar-refractivity contribution in [2.24, 2.45) is 0 Å². The van der Waals surface area contributed by atoms with E-state index in [-0.39, 0.29) is 10.6 Å². The van der Waals surface area contributed by atoms with Crippen LogP contribution in [0.3, 0.4) is 0 Å². The number of anilines is 1. The van der Waals surface area contributed by atoms with Gasteiger partial charge in [0.1, 0.15) is 0 Å². The van der Waals surface area contributed by atoms with Gasteiger partial charge in [-0.2, -0.15) is 0 Å². The molecule has 3 nitrogen and oxygen atoms in total. The van der Waals surface area contributed by atoms with E-state index in [4.69, 9.17) is 0 Å². The van der Waals surface area contributed by atoms with Crippen LogP contribution < -0.4 is 5.32 Å². The molecular weight excluding hydrogens is 296 g/mol. The van der Waals surface area contributed by atoms with Gasteiger partial charge in [0.15, 0.2) is 21.5 Å². The van der Waals surface area contributed by atoms with Crippen molar-refractivity contribution in [1.29, 1.82) is 0 Å². The summed E-state index contributed by atoms with van der Waals surface area (Å²) in [6.07, 6.45) is 0. The molecule has 0 atom stereocenters. The average molecular weight is 311 g/mol. The monoisotopic (exact) mass is 311 g/mol. The Balaban J connectivity index is 2.05. The van der Waals surface area contributed by atoms with Crippen molar-refractivity contribution in [2.75, 3.05) is 11.1 Å². The Bertz CT molecular complexity index is 728. The van der Waals surface area contributed by atoms with Gasteiger partial charge in [-0.25, -0.2) is 17.2 Å². The first-order valence-corrected chi connectivity index (χ1v) is 8.08. The molecule has 1 N–H and O–H groups in total. The van der Waals surface area contributed by atoms with Crippen LogP contribution in [0.15, 0.2) is 47.4 Å². The maximum absolute atomic E-state index is 13.1. The lowest BCUT2D eigenvalue weighted by atomic mass is 10.2. The largest absolute Gasteiger partial charge is 0.381 e. The standard InChI is InChI=1S/C15H15F2NO2S/c1-2-21(19,20)13-6-4-12(5-7-13)18-10-11-3-8-14(16)15(17)9-11/h3-9,18H,2,10H2,1H3. The Kier molecular flexibility index (Phi) is 4.57. The third kappa shape index (κ3) is 3.78. The molecule has 2 aromatic rings. The fourth-order valence-electron chi connectivity index (χ4n) is 1.80. The van der Waals surface area contributed by atoms with Crippen molar-refractivity contribution >= 4 is 15.5 Å². The molecule has 0 aliphatic rings. The lowest BCUT2D eigenvalue weighted by Crippen LogP contribution is -2.04. The maximum atomic E-state index is 13.1. The van der Waals surface area contributed by atoms with E-state index >= 15 is 0 Å². The van der Waals surface area contributed by atoms with E-state index in [0.29, 0.717) is 17.8 Å². The minimum Gasteiger partial charge on any atom is -0.381 e. The van der Waals surface area contributed by atoms with Gasteiger partial charge < -0.3 is 5.32 Å². The van der Waals surface area contributed by atoms with E-state index in [1.54, 1.807) is 19.1 Å². The number of sulfone groups is 1. The van der Waals surface area contributed by atoms with E-state index in [9.17, 15) is 17.2 Å². The Hall–Kier alpha value is -1.95. The molecule has 2 rings (SSSR count). The number of halogens is 2. The molecule has 21 heavy (non-hydrogen) atoms. The molecule has 6 heteroatoms. The van der Waals surface area contributed by atoms with Gasteiger partial charge in [0.05, 0.1) is 10.6 Å². The van der Waals surface area contributed by atoms with Crippen LogP contribution in [0.2, 0.25) is 0 Å². The quantitative estimate of drug-likeness (QED) is 0.921. The summed E-state index contributed by atoms with van der Waals surface area (Å²) in [7, 11) is -3.21. The highest BCUT2D eigenvalue weighted by atomic mass is 32.2. The minimum atomic E-state index is -3.21. The van der Waals surface area contributed by atoms with E-state index in [1.807, 2.05) is 0 Å². The maximum Gasteiger partial charge on any atom is 0.178 e. The van der Waals surface area contributed by atoms with E-state index < -0.39 is 21.5 Å². The zero-order valence-corrected chi connectivity index (χ0v) is 12.3. The zero-order valence-electron chi connectivity index (χ0n) is 11.4. The molecule has 0 heterocycles. The molecule has 0 aromatic heterocycles. The van der Waals surface area contributed by atoms with Gasteiger partial charge in [0.2, 0.25) is 0 Å². The molecule has 2 aromatic carbocycles. The predicted octanol–water partition coefficient (Wildman–Crippen LogP) is 3.37. The molecular formula is C15H15F2NO2S. The molecule has 0 fully saturated rings. The highest BCUT2D eigenvalue weighted by Crippen LogP contribution is 2.16. The van der Waals surface area contributed by atoms with Crippen LogP contribution in [0.25, 0.3) is 0 Å². The topological polar surface area (TPSA) is 46.2 Å². The van der Waals surface area contributed by atoms with Crippen LogP contribution in [-0.4, -0.2) is 14.2 Å². The second-order valence-electron chi connectivity index (χ2n) is 4.53. The van der Waals surface area contributed by atoms with Crippen LogP contribution in [0.1, 0.15) is 12.5 Å². The summed E-state index contributed by atoms with van der Waals surface area (Å²) in [4.78, 5) is 0.267. The minimum absolute atomic E-state index is 0.0502. The summed E-state index contributed by atoms with van der Waals surface area (Å²) in [6, 6.07) is 10.0. The summed E-state index contributed by atoms with van der Waals surface area (Å²) in [5.41, 5.74) is 1.30. The summed E-state index contributed by atoms with van der Waals surface area (Å²) in [5.74, 6) is -1.72. The van der Waals surface area contributed by atoms with Crippen molar-refractivity contribution < 1.29 is 17.2 Å². The van der Waals surface area contributed by atoms with Gasteiger partial charge in [-0.05, 0) is 42.0 Å². The van der Waals surface area contributed by atoms with Crippen LogP contribution in [-0.2, 0) is 16.4 Å². The molecule has 0 amide bonds. The molecule has 0 aliphatic carbocycles. The van der Waals surface area contributed by atoms with Crippen LogP contribution in [0, 0.1) is 11.6 Å². The third-order valence-corrected chi connectivity index (χ3v) is 4.82. The molecule has 0 bridgehead atoms.